The number of nitrogens with zero attached hydrogens (tertiary/aromatic N) is 1. The normalized spacial score (nSPS) is 13.9. The van der Waals surface area contributed by atoms with E-state index in [-0.39, 0.29) is 0 Å². The molecule has 0 N–H and O–H groups in total. The lowest BCUT2D eigenvalue weighted by atomic mass is 10.1. The van der Waals surface area contributed by atoms with E-state index in [2.05, 4.69) is 64.1 Å². The molecule has 0 saturated heterocycles. The molecule has 0 aromatic heterocycles. The van der Waals surface area contributed by atoms with Gasteiger partial charge in [0.15, 0.2) is 0 Å². The summed E-state index contributed by atoms with van der Waals surface area (Å²) >= 11 is 0. The van der Waals surface area contributed by atoms with Gasteiger partial charge in [-0.3, -0.25) is 4.99 Å². The summed E-state index contributed by atoms with van der Waals surface area (Å²) in [5.41, 5.74) is 5.84. The lowest BCUT2D eigenvalue weighted by molar-refractivity contribution is 1.16. The molecule has 0 radical (unpaired) electrons. The van der Waals surface area contributed by atoms with Crippen molar-refractivity contribution in [1.29, 1.82) is 0 Å². The minimum absolute atomic E-state index is 1.04. The van der Waals surface area contributed by atoms with Crippen LogP contribution in [0.1, 0.15) is 45.2 Å². The molecule has 0 aliphatic carbocycles. The minimum Gasteiger partial charge on any atom is -0.253 e. The van der Waals surface area contributed by atoms with Gasteiger partial charge in [0, 0.05) is 5.71 Å². The first-order valence-electron chi connectivity index (χ1n) is 6.54. The molecule has 0 saturated carbocycles. The van der Waals surface area contributed by atoms with Crippen molar-refractivity contribution < 1.29 is 0 Å². The SMILES string of the molecule is C/C=C(N=C(C)c1cccc(C)c1)/C(C)=C/CC. The Kier molecular flexibility index (Phi) is 5.57. The second-order valence-electron chi connectivity index (χ2n) is 4.54. The van der Waals surface area contributed by atoms with E-state index in [1.807, 2.05) is 6.92 Å². The van der Waals surface area contributed by atoms with Crippen molar-refractivity contribution in [2.45, 2.75) is 41.0 Å². The number of benzene rings is 1. The predicted molar refractivity (Wildman–Crippen MR) is 81.2 cm³/mol. The van der Waals surface area contributed by atoms with E-state index in [4.69, 9.17) is 4.99 Å². The first-order chi connectivity index (χ1) is 8.58. The molecule has 1 aromatic rings. The number of rotatable bonds is 4. The highest BCUT2D eigenvalue weighted by Gasteiger charge is 2.01. The molecule has 96 valence electrons. The summed E-state index contributed by atoms with van der Waals surface area (Å²) in [7, 11) is 0. The molecule has 1 heteroatoms. The zero-order chi connectivity index (χ0) is 13.5. The van der Waals surface area contributed by atoms with Crippen molar-refractivity contribution in [3.63, 3.8) is 0 Å². The van der Waals surface area contributed by atoms with Crippen molar-refractivity contribution >= 4 is 5.71 Å². The first kappa shape index (κ1) is 14.4. The summed E-state index contributed by atoms with van der Waals surface area (Å²) in [6, 6.07) is 8.46. The van der Waals surface area contributed by atoms with Gasteiger partial charge in [-0.15, -0.1) is 0 Å². The highest BCUT2D eigenvalue weighted by molar-refractivity contribution is 5.99. The maximum atomic E-state index is 4.73. The second-order valence-corrected chi connectivity index (χ2v) is 4.54. The largest absolute Gasteiger partial charge is 0.253 e. The molecular weight excluding hydrogens is 218 g/mol. The Balaban J connectivity index is 3.05. The number of hydrogen-bond donors (Lipinski definition) is 0. The number of aliphatic imine (C=N–C) groups is 1. The molecule has 0 heterocycles. The lowest BCUT2D eigenvalue weighted by Gasteiger charge is -2.06. The third-order valence-electron chi connectivity index (χ3n) is 2.91. The van der Waals surface area contributed by atoms with E-state index in [0.717, 1.165) is 17.8 Å². The highest BCUT2D eigenvalue weighted by Crippen LogP contribution is 2.14. The van der Waals surface area contributed by atoms with Crippen LogP contribution in [0, 0.1) is 6.92 Å². The van der Waals surface area contributed by atoms with Gasteiger partial charge in [-0.05, 0) is 45.3 Å². The molecule has 0 aliphatic heterocycles. The third-order valence-corrected chi connectivity index (χ3v) is 2.91. The summed E-state index contributed by atoms with van der Waals surface area (Å²) in [5.74, 6) is 0. The van der Waals surface area contributed by atoms with Crippen LogP contribution < -0.4 is 0 Å². The summed E-state index contributed by atoms with van der Waals surface area (Å²) in [5, 5.41) is 0. The van der Waals surface area contributed by atoms with Crippen LogP contribution in [0.2, 0.25) is 0 Å². The van der Waals surface area contributed by atoms with Crippen LogP contribution in [0.5, 0.6) is 0 Å². The van der Waals surface area contributed by atoms with Gasteiger partial charge in [0.25, 0.3) is 0 Å². The van der Waals surface area contributed by atoms with Gasteiger partial charge < -0.3 is 0 Å². The predicted octanol–water partition coefficient (Wildman–Crippen LogP) is 5.06. The fourth-order valence-electron chi connectivity index (χ4n) is 1.91. The van der Waals surface area contributed by atoms with E-state index < -0.39 is 0 Å². The van der Waals surface area contributed by atoms with Crippen molar-refractivity contribution in [2.75, 3.05) is 0 Å². The molecule has 0 amide bonds. The smallest absolute Gasteiger partial charge is 0.0616 e. The highest BCUT2D eigenvalue weighted by atomic mass is 14.8. The Morgan fingerprint density at radius 1 is 1.28 bits per heavy atom. The van der Waals surface area contributed by atoms with Crippen molar-refractivity contribution in [3.8, 4) is 0 Å². The topological polar surface area (TPSA) is 12.4 Å². The molecule has 0 unspecified atom stereocenters. The van der Waals surface area contributed by atoms with Crippen molar-refractivity contribution in [3.05, 3.63) is 58.8 Å². The van der Waals surface area contributed by atoms with Crippen LogP contribution in [-0.2, 0) is 0 Å². The zero-order valence-electron chi connectivity index (χ0n) is 12.1. The van der Waals surface area contributed by atoms with Gasteiger partial charge in [0.05, 0.1) is 5.70 Å². The summed E-state index contributed by atoms with van der Waals surface area (Å²) in [4.78, 5) is 4.73. The van der Waals surface area contributed by atoms with Gasteiger partial charge in [-0.1, -0.05) is 48.9 Å². The van der Waals surface area contributed by atoms with Crippen LogP contribution in [0.15, 0.2) is 52.7 Å². The molecule has 0 atom stereocenters. The molecule has 18 heavy (non-hydrogen) atoms. The van der Waals surface area contributed by atoms with E-state index in [9.17, 15) is 0 Å². The summed E-state index contributed by atoms with van der Waals surface area (Å²) in [6.07, 6.45) is 5.32. The minimum atomic E-state index is 1.04. The molecule has 0 bridgehead atoms. The molecule has 1 aromatic carbocycles. The van der Waals surface area contributed by atoms with E-state index in [1.165, 1.54) is 16.7 Å². The first-order valence-corrected chi connectivity index (χ1v) is 6.54. The zero-order valence-corrected chi connectivity index (χ0v) is 12.1. The number of hydrogen-bond acceptors (Lipinski definition) is 1. The standard InChI is InChI=1S/C17H23N/c1-6-9-14(4)17(7-2)18-15(5)16-11-8-10-13(3)12-16/h7-12H,6H2,1-5H3/b14-9+,17-7-,18-15?. The fraction of sp³-hybridized carbons (Fsp3) is 0.353. The quantitative estimate of drug-likeness (QED) is 0.516. The third kappa shape index (κ3) is 3.99. The van der Waals surface area contributed by atoms with Crippen LogP contribution in [0.3, 0.4) is 0 Å². The van der Waals surface area contributed by atoms with E-state index in [0.29, 0.717) is 0 Å². The molecule has 0 aliphatic rings. The van der Waals surface area contributed by atoms with Gasteiger partial charge >= 0.3 is 0 Å². The van der Waals surface area contributed by atoms with Gasteiger partial charge in [0.2, 0.25) is 0 Å². The Morgan fingerprint density at radius 2 is 2.00 bits per heavy atom. The maximum Gasteiger partial charge on any atom is 0.0616 e. The Hall–Kier alpha value is -1.63. The second kappa shape index (κ2) is 6.95. The van der Waals surface area contributed by atoms with Crippen LogP contribution >= 0.6 is 0 Å². The fourth-order valence-corrected chi connectivity index (χ4v) is 1.91. The van der Waals surface area contributed by atoms with E-state index >= 15 is 0 Å². The summed E-state index contributed by atoms with van der Waals surface area (Å²) < 4.78 is 0. The molecule has 0 spiro atoms. The van der Waals surface area contributed by atoms with Crippen LogP contribution in [0.4, 0.5) is 0 Å². The number of aryl methyl sites for hydroxylation is 1. The molecular formula is C17H23N. The van der Waals surface area contributed by atoms with Crippen molar-refractivity contribution in [1.82, 2.24) is 0 Å². The Bertz CT molecular complexity index is 490. The van der Waals surface area contributed by atoms with Crippen LogP contribution in [0.25, 0.3) is 0 Å². The average Bonchev–Trinajstić information content (AvgIpc) is 2.35. The lowest BCUT2D eigenvalue weighted by Crippen LogP contribution is -1.96. The Labute approximate surface area is 111 Å². The van der Waals surface area contributed by atoms with Gasteiger partial charge in [-0.2, -0.15) is 0 Å². The maximum absolute atomic E-state index is 4.73. The van der Waals surface area contributed by atoms with Gasteiger partial charge in [0.1, 0.15) is 0 Å². The summed E-state index contributed by atoms with van der Waals surface area (Å²) in [6.45, 7) is 10.5. The molecule has 1 rings (SSSR count). The van der Waals surface area contributed by atoms with Crippen molar-refractivity contribution in [2.24, 2.45) is 4.99 Å². The average molecular weight is 241 g/mol. The van der Waals surface area contributed by atoms with E-state index in [1.54, 1.807) is 0 Å². The molecule has 1 nitrogen and oxygen atoms in total. The number of allylic oxidation sites excluding steroid dienone is 3. The van der Waals surface area contributed by atoms with Crippen LogP contribution in [-0.4, -0.2) is 5.71 Å². The van der Waals surface area contributed by atoms with Gasteiger partial charge in [-0.25, -0.2) is 0 Å². The monoisotopic (exact) mass is 241 g/mol. The molecule has 0 fully saturated rings. The Morgan fingerprint density at radius 3 is 2.56 bits per heavy atom.